The van der Waals surface area contributed by atoms with Gasteiger partial charge in [-0.2, -0.15) is 10.4 Å². The largest absolute Gasteiger partial charge is 0.398 e. The molecule has 220 valence electrons. The number of aromatic nitrogens is 5. The first-order chi connectivity index (χ1) is 20.4. The van der Waals surface area contributed by atoms with Gasteiger partial charge in [0.05, 0.1) is 39.9 Å². The number of hydrogen-bond acceptors (Lipinski definition) is 9. The van der Waals surface area contributed by atoms with E-state index in [4.69, 9.17) is 20.2 Å². The Morgan fingerprint density at radius 1 is 1.19 bits per heavy atom. The van der Waals surface area contributed by atoms with E-state index < -0.39 is 16.2 Å². The summed E-state index contributed by atoms with van der Waals surface area (Å²) in [6.07, 6.45) is 11.0. The molecule has 1 aliphatic heterocycles. The number of likely N-dealkylation sites (tertiary alicyclic amines) is 1. The lowest BCUT2D eigenvalue weighted by Gasteiger charge is -2.41. The van der Waals surface area contributed by atoms with Crippen molar-refractivity contribution in [3.8, 4) is 17.6 Å². The van der Waals surface area contributed by atoms with Crippen molar-refractivity contribution in [3.63, 3.8) is 0 Å². The average molecular weight is 587 g/mol. The van der Waals surface area contributed by atoms with Crippen LogP contribution in [-0.2, 0) is 35.6 Å². The van der Waals surface area contributed by atoms with E-state index in [2.05, 4.69) is 34.3 Å². The Bertz CT molecular complexity index is 1720. The molecule has 3 aromatic heterocycles. The molecule has 10 nitrogen and oxygen atoms in total. The van der Waals surface area contributed by atoms with Crippen LogP contribution >= 0.6 is 0 Å². The molecule has 7 rings (SSSR count). The lowest BCUT2D eigenvalue weighted by Crippen LogP contribution is -2.36. The van der Waals surface area contributed by atoms with Crippen LogP contribution in [0.25, 0.3) is 22.6 Å². The smallest absolute Gasteiger partial charge is 0.185 e. The number of rotatable bonds is 4. The topological polar surface area (TPSA) is 140 Å². The summed E-state index contributed by atoms with van der Waals surface area (Å²) in [5.74, 6) is 1.20. The van der Waals surface area contributed by atoms with Gasteiger partial charge < -0.3 is 15.2 Å². The molecule has 0 bridgehead atoms. The van der Waals surface area contributed by atoms with Crippen molar-refractivity contribution >= 4 is 27.5 Å². The highest BCUT2D eigenvalue weighted by Crippen LogP contribution is 2.53. The van der Waals surface area contributed by atoms with Crippen molar-refractivity contribution in [2.45, 2.75) is 88.2 Å². The first kappa shape index (κ1) is 28.5. The van der Waals surface area contributed by atoms with Crippen molar-refractivity contribution < 1.29 is 8.73 Å². The molecule has 4 heterocycles. The number of aryl methyl sites for hydroxylation is 1. The van der Waals surface area contributed by atoms with Gasteiger partial charge in [-0.1, -0.05) is 25.1 Å². The van der Waals surface area contributed by atoms with Gasteiger partial charge in [0.25, 0.3) is 0 Å². The number of likely N-dealkylation sites (N-methyl/N-ethyl adjacent to an activating group) is 1. The average Bonchev–Trinajstić information content (AvgIpc) is 3.73. The third kappa shape index (κ3) is 4.43. The summed E-state index contributed by atoms with van der Waals surface area (Å²) in [4.78, 5) is 12.1. The molecule has 2 aliphatic carbocycles. The maximum Gasteiger partial charge on any atom is 0.185 e. The molecule has 0 radical (unpaired) electrons. The Morgan fingerprint density at radius 3 is 2.69 bits per heavy atom. The van der Waals surface area contributed by atoms with Crippen LogP contribution in [0.5, 0.6) is 0 Å². The van der Waals surface area contributed by atoms with Crippen LogP contribution in [-0.4, -0.2) is 59.9 Å². The Hall–Kier alpha value is -3.62. The Balaban J connectivity index is 0.00000155. The van der Waals surface area contributed by atoms with E-state index >= 15 is 0 Å². The number of nitrogens with zero attached hydrogens (tertiary/aromatic N) is 7. The molecule has 1 aromatic carbocycles. The SMILES string of the molecule is CC.CN1CCCC1Cn1ncc2c(S(C)=O)nc(-c3noc4c3CCCC43CCCc4ccc(N)c(C#N)c43)nc21. The van der Waals surface area contributed by atoms with Gasteiger partial charge in [0, 0.05) is 23.5 Å². The number of nitriles is 1. The lowest BCUT2D eigenvalue weighted by atomic mass is 9.61. The zero-order valence-corrected chi connectivity index (χ0v) is 25.6. The van der Waals surface area contributed by atoms with Gasteiger partial charge in [-0.05, 0) is 82.2 Å². The summed E-state index contributed by atoms with van der Waals surface area (Å²) in [6.45, 7) is 5.78. The van der Waals surface area contributed by atoms with Crippen molar-refractivity contribution in [1.29, 1.82) is 5.26 Å². The van der Waals surface area contributed by atoms with Gasteiger partial charge in [0.15, 0.2) is 22.9 Å². The van der Waals surface area contributed by atoms with Crippen LogP contribution in [0.15, 0.2) is 27.9 Å². The summed E-state index contributed by atoms with van der Waals surface area (Å²) in [5, 5.41) is 20.4. The zero-order valence-electron chi connectivity index (χ0n) is 24.8. The number of hydrogen-bond donors (Lipinski definition) is 1. The first-order valence-corrected chi connectivity index (χ1v) is 16.6. The standard InChI is InChI=1S/C29H32N8O2S.C2H6/c1-36-13-5-7-18(36)16-37-27-21(15-32-37)28(40(2)38)34-26(33-27)24-19-8-4-12-29(25(19)39-35-24)11-3-6-17-9-10-22(31)20(14-30)23(17)29;1-2/h9-10,15,18H,3-8,11-13,16,31H2,1-2H3;1-2H3. The second-order valence-electron chi connectivity index (χ2n) is 11.5. The maximum atomic E-state index is 12.8. The molecule has 3 atom stereocenters. The molecule has 0 saturated carbocycles. The molecule has 3 aliphatic rings. The predicted octanol–water partition coefficient (Wildman–Crippen LogP) is 4.75. The van der Waals surface area contributed by atoms with Gasteiger partial charge in [-0.3, -0.25) is 4.21 Å². The van der Waals surface area contributed by atoms with E-state index in [0.29, 0.717) is 51.4 Å². The predicted molar refractivity (Wildman–Crippen MR) is 162 cm³/mol. The first-order valence-electron chi connectivity index (χ1n) is 15.0. The maximum absolute atomic E-state index is 12.8. The van der Waals surface area contributed by atoms with Crippen LogP contribution in [0.4, 0.5) is 5.69 Å². The van der Waals surface area contributed by atoms with Gasteiger partial charge in [-0.25, -0.2) is 14.6 Å². The molecule has 42 heavy (non-hydrogen) atoms. The van der Waals surface area contributed by atoms with Gasteiger partial charge in [-0.15, -0.1) is 0 Å². The van der Waals surface area contributed by atoms with E-state index in [1.807, 2.05) is 24.6 Å². The molecule has 0 amide bonds. The minimum atomic E-state index is -1.35. The fourth-order valence-electron chi connectivity index (χ4n) is 7.29. The quantitative estimate of drug-likeness (QED) is 0.265. The third-order valence-corrected chi connectivity index (χ3v) is 10.1. The summed E-state index contributed by atoms with van der Waals surface area (Å²) in [5.41, 5.74) is 11.3. The third-order valence-electron chi connectivity index (χ3n) is 9.22. The molecule has 1 fully saturated rings. The van der Waals surface area contributed by atoms with Crippen molar-refractivity contribution in [2.75, 3.05) is 25.6 Å². The van der Waals surface area contributed by atoms with E-state index in [-0.39, 0.29) is 0 Å². The van der Waals surface area contributed by atoms with Crippen LogP contribution < -0.4 is 5.73 Å². The molecule has 1 spiro atoms. The van der Waals surface area contributed by atoms with Gasteiger partial charge >= 0.3 is 0 Å². The summed E-state index contributed by atoms with van der Waals surface area (Å²) in [7, 11) is 0.796. The lowest BCUT2D eigenvalue weighted by molar-refractivity contribution is 0.263. The molecule has 1 saturated heterocycles. The van der Waals surface area contributed by atoms with Crippen LogP contribution in [0.3, 0.4) is 0 Å². The number of nitrogens with two attached hydrogens (primary N) is 1. The number of benzene rings is 1. The summed E-state index contributed by atoms with van der Waals surface area (Å²) < 4.78 is 21.0. The molecule has 4 aromatic rings. The monoisotopic (exact) mass is 586 g/mol. The highest BCUT2D eigenvalue weighted by atomic mass is 32.2. The minimum Gasteiger partial charge on any atom is -0.398 e. The molecule has 2 N–H and O–H groups in total. The Kier molecular flexibility index (Phi) is 7.62. The van der Waals surface area contributed by atoms with Crippen LogP contribution in [0, 0.1) is 11.3 Å². The van der Waals surface area contributed by atoms with Crippen molar-refractivity contribution in [2.24, 2.45) is 0 Å². The number of anilines is 1. The van der Waals surface area contributed by atoms with Crippen molar-refractivity contribution in [3.05, 3.63) is 46.3 Å². The van der Waals surface area contributed by atoms with Crippen molar-refractivity contribution in [1.82, 2.24) is 29.8 Å². The summed E-state index contributed by atoms with van der Waals surface area (Å²) in [6, 6.07) is 6.66. The van der Waals surface area contributed by atoms with E-state index in [1.165, 1.54) is 6.42 Å². The van der Waals surface area contributed by atoms with Crippen LogP contribution in [0.1, 0.15) is 80.4 Å². The molecule has 3 unspecified atom stereocenters. The fraction of sp³-hybridized carbons (Fsp3) is 0.516. The Morgan fingerprint density at radius 2 is 1.98 bits per heavy atom. The summed E-state index contributed by atoms with van der Waals surface area (Å²) >= 11 is 0. The van der Waals surface area contributed by atoms with E-state index in [0.717, 1.165) is 73.9 Å². The normalized spacial score (nSPS) is 22.3. The van der Waals surface area contributed by atoms with E-state index in [1.54, 1.807) is 12.5 Å². The van der Waals surface area contributed by atoms with E-state index in [9.17, 15) is 9.47 Å². The molecular weight excluding hydrogens is 548 g/mol. The highest BCUT2D eigenvalue weighted by molar-refractivity contribution is 7.84. The minimum absolute atomic E-state index is 0.380. The molecule has 11 heteroatoms. The highest BCUT2D eigenvalue weighted by Gasteiger charge is 2.47. The van der Waals surface area contributed by atoms with Crippen LogP contribution in [0.2, 0.25) is 0 Å². The molecular formula is C31H38N8O2S. The van der Waals surface area contributed by atoms with Gasteiger partial charge in [0.2, 0.25) is 0 Å². The number of nitrogen functional groups attached to an aromatic ring is 1. The second kappa shape index (κ2) is 11.2. The second-order valence-corrected chi connectivity index (χ2v) is 12.7. The Labute approximate surface area is 248 Å². The zero-order chi connectivity index (χ0) is 29.6. The van der Waals surface area contributed by atoms with Gasteiger partial charge in [0.1, 0.15) is 11.1 Å². The number of fused-ring (bicyclic) bond motifs is 5. The fourth-order valence-corrected chi connectivity index (χ4v) is 7.96.